The van der Waals surface area contributed by atoms with Gasteiger partial charge in [-0.25, -0.2) is 0 Å². The molecule has 0 saturated heterocycles. The van der Waals surface area contributed by atoms with Crippen molar-refractivity contribution in [3.05, 3.63) is 58.0 Å². The molecule has 1 aromatic carbocycles. The van der Waals surface area contributed by atoms with Gasteiger partial charge in [-0.2, -0.15) is 0 Å². The van der Waals surface area contributed by atoms with Crippen LogP contribution in [0.3, 0.4) is 0 Å². The van der Waals surface area contributed by atoms with Crippen LogP contribution >= 0.6 is 0 Å². The van der Waals surface area contributed by atoms with E-state index in [4.69, 9.17) is 10.2 Å². The predicted molar refractivity (Wildman–Crippen MR) is 71.4 cm³/mol. The summed E-state index contributed by atoms with van der Waals surface area (Å²) in [7, 11) is 1.94. The molecule has 6 heteroatoms. The molecule has 2 rings (SSSR count). The van der Waals surface area contributed by atoms with Gasteiger partial charge < -0.3 is 10.2 Å². The summed E-state index contributed by atoms with van der Waals surface area (Å²) in [6.07, 6.45) is 1.63. The predicted octanol–water partition coefficient (Wildman–Crippen LogP) is 2.40. The van der Waals surface area contributed by atoms with E-state index in [1.807, 2.05) is 24.1 Å². The Hall–Kier alpha value is -2.34. The van der Waals surface area contributed by atoms with Gasteiger partial charge in [0.1, 0.15) is 11.4 Å². The third kappa shape index (κ3) is 3.32. The monoisotopic (exact) mass is 261 g/mol. The van der Waals surface area contributed by atoms with Gasteiger partial charge in [0.15, 0.2) is 0 Å². The van der Waals surface area contributed by atoms with Gasteiger partial charge in [0.05, 0.1) is 17.7 Å². The van der Waals surface area contributed by atoms with E-state index in [0.717, 1.165) is 11.3 Å². The Labute approximate surface area is 110 Å². The number of nitrogens with zero attached hydrogens (tertiary/aromatic N) is 2. The minimum Gasteiger partial charge on any atom is -0.468 e. The lowest BCUT2D eigenvalue weighted by Gasteiger charge is -2.15. The molecule has 0 atom stereocenters. The maximum Gasteiger partial charge on any atom is 0.292 e. The maximum atomic E-state index is 10.7. The van der Waals surface area contributed by atoms with Crippen molar-refractivity contribution >= 4 is 11.4 Å². The smallest absolute Gasteiger partial charge is 0.292 e. The van der Waals surface area contributed by atoms with Crippen molar-refractivity contribution in [2.24, 2.45) is 0 Å². The minimum absolute atomic E-state index is 0.0579. The highest BCUT2D eigenvalue weighted by Crippen LogP contribution is 2.22. The molecule has 0 saturated carbocycles. The Kier molecular flexibility index (Phi) is 3.82. The Bertz CT molecular complexity index is 567. The van der Waals surface area contributed by atoms with Crippen LogP contribution in [-0.2, 0) is 13.1 Å². The van der Waals surface area contributed by atoms with Gasteiger partial charge in [-0.1, -0.05) is 6.07 Å². The summed E-state index contributed by atoms with van der Waals surface area (Å²) in [5, 5.41) is 10.7. The average Bonchev–Trinajstić information content (AvgIpc) is 2.81. The number of nitro groups is 1. The standard InChI is InChI=1S/C13H15N3O3/c1-15(9-11-3-2-6-19-11)8-10-4-5-13(16(17)18)12(14)7-10/h2-7H,8-9,14H2,1H3. The number of hydrogen-bond donors (Lipinski definition) is 1. The van der Waals surface area contributed by atoms with Gasteiger partial charge in [0.25, 0.3) is 5.69 Å². The summed E-state index contributed by atoms with van der Waals surface area (Å²) in [4.78, 5) is 12.2. The van der Waals surface area contributed by atoms with Gasteiger partial charge in [-0.05, 0) is 30.8 Å². The Morgan fingerprint density at radius 3 is 2.74 bits per heavy atom. The van der Waals surface area contributed by atoms with Crippen molar-refractivity contribution in [2.45, 2.75) is 13.1 Å². The highest BCUT2D eigenvalue weighted by Gasteiger charge is 2.12. The molecule has 0 aliphatic carbocycles. The third-order valence-electron chi connectivity index (χ3n) is 2.75. The van der Waals surface area contributed by atoms with Crippen LogP contribution in [0.25, 0.3) is 0 Å². The fraction of sp³-hybridized carbons (Fsp3) is 0.231. The summed E-state index contributed by atoms with van der Waals surface area (Å²) in [5.41, 5.74) is 6.71. The lowest BCUT2D eigenvalue weighted by atomic mass is 10.1. The van der Waals surface area contributed by atoms with Crippen LogP contribution in [0.4, 0.5) is 11.4 Å². The van der Waals surface area contributed by atoms with E-state index in [9.17, 15) is 10.1 Å². The molecule has 0 spiro atoms. The van der Waals surface area contributed by atoms with Crippen molar-refractivity contribution in [1.29, 1.82) is 0 Å². The maximum absolute atomic E-state index is 10.7. The van der Waals surface area contributed by atoms with Crippen molar-refractivity contribution < 1.29 is 9.34 Å². The second-order valence-electron chi connectivity index (χ2n) is 4.40. The molecule has 6 nitrogen and oxygen atoms in total. The molecule has 0 aliphatic heterocycles. The summed E-state index contributed by atoms with van der Waals surface area (Å²) in [5.74, 6) is 0.873. The molecule has 19 heavy (non-hydrogen) atoms. The quantitative estimate of drug-likeness (QED) is 0.507. The van der Waals surface area contributed by atoms with Gasteiger partial charge in [-0.3, -0.25) is 15.0 Å². The molecule has 0 fully saturated rings. The Morgan fingerprint density at radius 2 is 2.16 bits per heavy atom. The van der Waals surface area contributed by atoms with Gasteiger partial charge in [0, 0.05) is 12.6 Å². The number of rotatable bonds is 5. The van der Waals surface area contributed by atoms with Gasteiger partial charge >= 0.3 is 0 Å². The molecule has 0 bridgehead atoms. The Morgan fingerprint density at radius 1 is 1.37 bits per heavy atom. The number of benzene rings is 1. The van der Waals surface area contributed by atoms with Crippen LogP contribution in [0.15, 0.2) is 41.0 Å². The first-order valence-electron chi connectivity index (χ1n) is 5.80. The zero-order valence-electron chi connectivity index (χ0n) is 10.6. The summed E-state index contributed by atoms with van der Waals surface area (Å²) < 4.78 is 5.26. The topological polar surface area (TPSA) is 85.5 Å². The summed E-state index contributed by atoms with van der Waals surface area (Å²) in [6.45, 7) is 1.31. The van der Waals surface area contributed by atoms with E-state index in [1.165, 1.54) is 6.07 Å². The van der Waals surface area contributed by atoms with E-state index < -0.39 is 4.92 Å². The normalized spacial score (nSPS) is 10.8. The third-order valence-corrected chi connectivity index (χ3v) is 2.75. The van der Waals surface area contributed by atoms with Gasteiger partial charge in [-0.15, -0.1) is 0 Å². The second kappa shape index (κ2) is 5.53. The SMILES string of the molecule is CN(Cc1ccc([N+](=O)[O-])c(N)c1)Cc1ccco1. The molecular weight excluding hydrogens is 246 g/mol. The highest BCUT2D eigenvalue weighted by molar-refractivity contribution is 5.59. The molecule has 0 radical (unpaired) electrons. The summed E-state index contributed by atoms with van der Waals surface area (Å²) >= 11 is 0. The van der Waals surface area contributed by atoms with E-state index >= 15 is 0 Å². The Balaban J connectivity index is 2.03. The van der Waals surface area contributed by atoms with E-state index in [-0.39, 0.29) is 11.4 Å². The fourth-order valence-electron chi connectivity index (χ4n) is 1.90. The number of hydrogen-bond acceptors (Lipinski definition) is 5. The number of nitro benzene ring substituents is 1. The number of furan rings is 1. The lowest BCUT2D eigenvalue weighted by molar-refractivity contribution is -0.383. The van der Waals surface area contributed by atoms with Crippen LogP contribution in [0.1, 0.15) is 11.3 Å². The lowest BCUT2D eigenvalue weighted by Crippen LogP contribution is -2.17. The van der Waals surface area contributed by atoms with Crippen molar-refractivity contribution in [3.63, 3.8) is 0 Å². The van der Waals surface area contributed by atoms with E-state index in [1.54, 1.807) is 18.4 Å². The van der Waals surface area contributed by atoms with Crippen LogP contribution in [-0.4, -0.2) is 16.9 Å². The minimum atomic E-state index is -0.480. The zero-order valence-corrected chi connectivity index (χ0v) is 10.6. The number of anilines is 1. The average molecular weight is 261 g/mol. The first-order chi connectivity index (χ1) is 9.06. The molecule has 0 aliphatic rings. The van der Waals surface area contributed by atoms with Crippen LogP contribution in [0.2, 0.25) is 0 Å². The first kappa shape index (κ1) is 13.1. The van der Waals surface area contributed by atoms with E-state index in [2.05, 4.69) is 0 Å². The molecule has 1 heterocycles. The molecule has 0 amide bonds. The highest BCUT2D eigenvalue weighted by atomic mass is 16.6. The molecule has 2 N–H and O–H groups in total. The number of nitrogen functional groups attached to an aromatic ring is 1. The largest absolute Gasteiger partial charge is 0.468 e. The number of nitrogens with two attached hydrogens (primary N) is 1. The van der Waals surface area contributed by atoms with Crippen molar-refractivity contribution in [2.75, 3.05) is 12.8 Å². The van der Waals surface area contributed by atoms with Crippen LogP contribution in [0, 0.1) is 10.1 Å². The second-order valence-corrected chi connectivity index (χ2v) is 4.40. The van der Waals surface area contributed by atoms with Gasteiger partial charge in [0.2, 0.25) is 0 Å². The van der Waals surface area contributed by atoms with E-state index in [0.29, 0.717) is 13.1 Å². The summed E-state index contributed by atoms with van der Waals surface area (Å²) in [6, 6.07) is 8.53. The zero-order chi connectivity index (χ0) is 13.8. The van der Waals surface area contributed by atoms with Crippen LogP contribution in [0.5, 0.6) is 0 Å². The molecular formula is C13H15N3O3. The molecule has 100 valence electrons. The fourth-order valence-corrected chi connectivity index (χ4v) is 1.90. The molecule has 2 aromatic rings. The van der Waals surface area contributed by atoms with Crippen molar-refractivity contribution in [1.82, 2.24) is 4.90 Å². The molecule has 0 unspecified atom stereocenters. The van der Waals surface area contributed by atoms with Crippen LogP contribution < -0.4 is 5.73 Å². The first-order valence-corrected chi connectivity index (χ1v) is 5.80. The molecule has 1 aromatic heterocycles. The van der Waals surface area contributed by atoms with Crippen molar-refractivity contribution in [3.8, 4) is 0 Å².